The standard InChI is InChI=1S/C17H17N3O4S/c1-10(2)11-3-5-12(6-4-11)16(22)19-17(25)18-14-9-13(20(23)24)7-8-15(14)21/h3-10,21H,1-2H3,(H2,18,19,22,25). The molecule has 7 nitrogen and oxygen atoms in total. The molecule has 0 aliphatic carbocycles. The molecule has 3 N–H and O–H groups in total. The van der Waals surface area contributed by atoms with Gasteiger partial charge in [0.15, 0.2) is 5.11 Å². The average molecular weight is 359 g/mol. The van der Waals surface area contributed by atoms with E-state index in [1.807, 2.05) is 12.1 Å². The summed E-state index contributed by atoms with van der Waals surface area (Å²) < 4.78 is 0. The van der Waals surface area contributed by atoms with E-state index in [1.165, 1.54) is 12.1 Å². The zero-order chi connectivity index (χ0) is 18.6. The molecule has 1 amide bonds. The molecule has 8 heteroatoms. The zero-order valence-corrected chi connectivity index (χ0v) is 14.5. The first-order chi connectivity index (χ1) is 11.8. The molecule has 2 aromatic rings. The lowest BCUT2D eigenvalue weighted by molar-refractivity contribution is -0.384. The van der Waals surface area contributed by atoms with Crippen molar-refractivity contribution in [3.05, 3.63) is 63.7 Å². The lowest BCUT2D eigenvalue weighted by Gasteiger charge is -2.11. The normalized spacial score (nSPS) is 10.4. The number of nitrogens with zero attached hydrogens (tertiary/aromatic N) is 1. The van der Waals surface area contributed by atoms with E-state index in [9.17, 15) is 20.0 Å². The number of benzene rings is 2. The minimum absolute atomic E-state index is 0.0367. The highest BCUT2D eigenvalue weighted by molar-refractivity contribution is 7.80. The number of nitro benzene ring substituents is 1. The highest BCUT2D eigenvalue weighted by Gasteiger charge is 2.13. The van der Waals surface area contributed by atoms with Gasteiger partial charge in [-0.1, -0.05) is 26.0 Å². The molecule has 25 heavy (non-hydrogen) atoms. The number of phenols is 1. The molecule has 0 saturated carbocycles. The smallest absolute Gasteiger partial charge is 0.271 e. The van der Waals surface area contributed by atoms with E-state index in [1.54, 1.807) is 12.1 Å². The summed E-state index contributed by atoms with van der Waals surface area (Å²) in [6.45, 7) is 4.11. The molecule has 0 aliphatic rings. The SMILES string of the molecule is CC(C)c1ccc(C(=O)NC(=S)Nc2cc([N+](=O)[O-])ccc2O)cc1. The maximum absolute atomic E-state index is 12.2. The fourth-order valence-electron chi connectivity index (χ4n) is 2.09. The number of rotatable bonds is 4. The van der Waals surface area contributed by atoms with Crippen LogP contribution in [0.25, 0.3) is 0 Å². The Balaban J connectivity index is 2.06. The number of nitrogens with one attached hydrogen (secondary N) is 2. The predicted octanol–water partition coefficient (Wildman–Crippen LogP) is 3.55. The van der Waals surface area contributed by atoms with E-state index in [4.69, 9.17) is 12.2 Å². The molecule has 0 bridgehead atoms. The topological polar surface area (TPSA) is 104 Å². The molecule has 130 valence electrons. The summed E-state index contributed by atoms with van der Waals surface area (Å²) in [6.07, 6.45) is 0. The van der Waals surface area contributed by atoms with Gasteiger partial charge in [0.2, 0.25) is 0 Å². The van der Waals surface area contributed by atoms with Crippen LogP contribution in [0.4, 0.5) is 11.4 Å². The molecule has 2 rings (SSSR count). The number of non-ortho nitro benzene ring substituents is 1. The molecular weight excluding hydrogens is 342 g/mol. The first-order valence-corrected chi connectivity index (χ1v) is 7.88. The second-order valence-corrected chi connectivity index (χ2v) is 6.05. The summed E-state index contributed by atoms with van der Waals surface area (Å²) >= 11 is 5.02. The van der Waals surface area contributed by atoms with Crippen LogP contribution < -0.4 is 10.6 Å². The lowest BCUT2D eigenvalue weighted by atomic mass is 10.0. The quantitative estimate of drug-likeness (QED) is 0.334. The number of thiocarbonyl (C=S) groups is 1. The fourth-order valence-corrected chi connectivity index (χ4v) is 2.29. The van der Waals surface area contributed by atoms with Gasteiger partial charge in [0, 0.05) is 17.7 Å². The van der Waals surface area contributed by atoms with Crippen molar-refractivity contribution in [1.29, 1.82) is 0 Å². The van der Waals surface area contributed by atoms with Crippen LogP contribution in [-0.2, 0) is 0 Å². The fraction of sp³-hybridized carbons (Fsp3) is 0.176. The molecule has 0 radical (unpaired) electrons. The van der Waals surface area contributed by atoms with Crippen molar-refractivity contribution in [1.82, 2.24) is 5.32 Å². The highest BCUT2D eigenvalue weighted by atomic mass is 32.1. The van der Waals surface area contributed by atoms with Crippen molar-refractivity contribution in [3.8, 4) is 5.75 Å². The Kier molecular flexibility index (Phi) is 5.66. The Morgan fingerprint density at radius 1 is 1.20 bits per heavy atom. The first-order valence-electron chi connectivity index (χ1n) is 7.47. The Morgan fingerprint density at radius 2 is 1.84 bits per heavy atom. The molecule has 0 heterocycles. The van der Waals surface area contributed by atoms with Gasteiger partial charge >= 0.3 is 0 Å². The highest BCUT2D eigenvalue weighted by Crippen LogP contribution is 2.27. The van der Waals surface area contributed by atoms with Gasteiger partial charge in [-0.3, -0.25) is 20.2 Å². The lowest BCUT2D eigenvalue weighted by Crippen LogP contribution is -2.34. The molecule has 0 aromatic heterocycles. The van der Waals surface area contributed by atoms with Gasteiger partial charge in [-0.15, -0.1) is 0 Å². The molecule has 0 atom stereocenters. The number of aromatic hydroxyl groups is 1. The van der Waals surface area contributed by atoms with E-state index in [0.717, 1.165) is 11.6 Å². The predicted molar refractivity (Wildman–Crippen MR) is 99.0 cm³/mol. The van der Waals surface area contributed by atoms with Gasteiger partial charge < -0.3 is 10.4 Å². The monoisotopic (exact) mass is 359 g/mol. The number of phenolic OH excluding ortho intramolecular Hbond substituents is 1. The summed E-state index contributed by atoms with van der Waals surface area (Å²) in [6, 6.07) is 10.6. The van der Waals surface area contributed by atoms with E-state index in [0.29, 0.717) is 11.5 Å². The van der Waals surface area contributed by atoms with E-state index < -0.39 is 10.8 Å². The largest absolute Gasteiger partial charge is 0.506 e. The van der Waals surface area contributed by atoms with Gasteiger partial charge in [-0.05, 0) is 41.9 Å². The summed E-state index contributed by atoms with van der Waals surface area (Å²) in [5.74, 6) is -0.280. The van der Waals surface area contributed by atoms with Gasteiger partial charge in [0.25, 0.3) is 11.6 Å². The summed E-state index contributed by atoms with van der Waals surface area (Å²) in [4.78, 5) is 22.4. The first kappa shape index (κ1) is 18.3. The van der Waals surface area contributed by atoms with E-state index >= 15 is 0 Å². The van der Waals surface area contributed by atoms with E-state index in [2.05, 4.69) is 24.5 Å². The Morgan fingerprint density at radius 3 is 2.40 bits per heavy atom. The maximum Gasteiger partial charge on any atom is 0.271 e. The van der Waals surface area contributed by atoms with Crippen molar-refractivity contribution < 1.29 is 14.8 Å². The average Bonchev–Trinajstić information content (AvgIpc) is 2.56. The Bertz CT molecular complexity index is 819. The third-order valence-electron chi connectivity index (χ3n) is 3.51. The molecule has 0 fully saturated rings. The van der Waals surface area contributed by atoms with Crippen LogP contribution in [0.5, 0.6) is 5.75 Å². The molecule has 0 unspecified atom stereocenters. The maximum atomic E-state index is 12.2. The van der Waals surface area contributed by atoms with Crippen LogP contribution in [0.15, 0.2) is 42.5 Å². The number of anilines is 1. The minimum atomic E-state index is -0.595. The number of hydrogen-bond donors (Lipinski definition) is 3. The van der Waals surface area contributed by atoms with Crippen molar-refractivity contribution in [3.63, 3.8) is 0 Å². The minimum Gasteiger partial charge on any atom is -0.506 e. The van der Waals surface area contributed by atoms with Crippen molar-refractivity contribution in [2.75, 3.05) is 5.32 Å². The van der Waals surface area contributed by atoms with Crippen LogP contribution in [0.1, 0.15) is 35.7 Å². The van der Waals surface area contributed by atoms with Crippen LogP contribution in [0.3, 0.4) is 0 Å². The molecule has 0 spiro atoms. The van der Waals surface area contributed by atoms with Gasteiger partial charge in [-0.25, -0.2) is 0 Å². The van der Waals surface area contributed by atoms with Crippen molar-refractivity contribution in [2.45, 2.75) is 19.8 Å². The zero-order valence-electron chi connectivity index (χ0n) is 13.6. The van der Waals surface area contributed by atoms with Crippen LogP contribution in [0.2, 0.25) is 0 Å². The second kappa shape index (κ2) is 7.71. The number of hydrogen-bond acceptors (Lipinski definition) is 5. The van der Waals surface area contributed by atoms with Crippen molar-refractivity contribution >= 4 is 34.6 Å². The summed E-state index contributed by atoms with van der Waals surface area (Å²) in [5.41, 5.74) is 1.36. The van der Waals surface area contributed by atoms with E-state index in [-0.39, 0.29) is 22.2 Å². The molecule has 0 saturated heterocycles. The number of nitro groups is 1. The van der Waals surface area contributed by atoms with Gasteiger partial charge in [0.05, 0.1) is 10.6 Å². The van der Waals surface area contributed by atoms with Crippen molar-refractivity contribution in [2.24, 2.45) is 0 Å². The number of carbonyl (C=O) groups excluding carboxylic acids is 1. The molecular formula is C17H17N3O4S. The van der Waals surface area contributed by atoms with Gasteiger partial charge in [-0.2, -0.15) is 0 Å². The molecule has 2 aromatic carbocycles. The Hall–Kier alpha value is -3.00. The second-order valence-electron chi connectivity index (χ2n) is 5.64. The summed E-state index contributed by atoms with van der Waals surface area (Å²) in [7, 11) is 0. The number of amides is 1. The molecule has 0 aliphatic heterocycles. The van der Waals surface area contributed by atoms with Gasteiger partial charge in [0.1, 0.15) is 5.75 Å². The summed E-state index contributed by atoms with van der Waals surface area (Å²) in [5, 5.41) is 25.5. The number of carbonyl (C=O) groups is 1. The third-order valence-corrected chi connectivity index (χ3v) is 3.71. The van der Waals surface area contributed by atoms with Crippen LogP contribution >= 0.6 is 12.2 Å². The van der Waals surface area contributed by atoms with Crippen LogP contribution in [-0.4, -0.2) is 21.0 Å². The van der Waals surface area contributed by atoms with Crippen LogP contribution in [0, 0.1) is 10.1 Å². The Labute approximate surface area is 149 Å². The third kappa shape index (κ3) is 4.74.